The fraction of sp³-hybridized carbons (Fsp3) is 0.444. The van der Waals surface area contributed by atoms with Crippen molar-refractivity contribution in [1.82, 2.24) is 15.1 Å². The summed E-state index contributed by atoms with van der Waals surface area (Å²) in [5.74, 6) is -1.53. The summed E-state index contributed by atoms with van der Waals surface area (Å²) < 4.78 is 69.2. The van der Waals surface area contributed by atoms with Crippen molar-refractivity contribution in [2.24, 2.45) is 7.05 Å². The van der Waals surface area contributed by atoms with Gasteiger partial charge in [-0.15, -0.1) is 0 Å². The van der Waals surface area contributed by atoms with Crippen LogP contribution < -0.4 is 10.0 Å². The van der Waals surface area contributed by atoms with E-state index in [2.05, 4.69) is 15.1 Å². The second kappa shape index (κ2) is 8.44. The van der Waals surface area contributed by atoms with Crippen LogP contribution in [0.2, 0.25) is 0 Å². The number of alkyl halides is 2. The molecule has 3 rings (SSSR count). The minimum absolute atomic E-state index is 0.185. The maximum atomic E-state index is 13.9. The number of nitrogens with zero attached hydrogens (tertiary/aromatic N) is 2. The molecule has 2 N–H and O–H groups in total. The fourth-order valence-electron chi connectivity index (χ4n) is 3.49. The van der Waals surface area contributed by atoms with Gasteiger partial charge in [-0.25, -0.2) is 21.6 Å². The van der Waals surface area contributed by atoms with E-state index >= 15 is 0 Å². The number of benzene rings is 1. The van der Waals surface area contributed by atoms with Gasteiger partial charge in [0.25, 0.3) is 12.3 Å². The van der Waals surface area contributed by atoms with E-state index in [0.29, 0.717) is 19.3 Å². The standard InChI is InChI=1S/C18H21F3N4O3S/c1-25-10-11(16(23-25)17(20)21)18(26)22-14-8-4-5-9-15(14)29(27,28)24-13-7-3-2-6-12(13)19/h2-3,6-7,10,14-15,17,24H,4-5,8-9H2,1H3,(H,22,26). The van der Waals surface area contributed by atoms with Crippen LogP contribution in [-0.4, -0.2) is 35.4 Å². The lowest BCUT2D eigenvalue weighted by atomic mass is 9.94. The summed E-state index contributed by atoms with van der Waals surface area (Å²) in [4.78, 5) is 12.6. The van der Waals surface area contributed by atoms with Crippen molar-refractivity contribution in [3.63, 3.8) is 0 Å². The molecule has 1 aliphatic carbocycles. The highest BCUT2D eigenvalue weighted by molar-refractivity contribution is 7.93. The van der Waals surface area contributed by atoms with Crippen LogP contribution in [0.4, 0.5) is 18.9 Å². The van der Waals surface area contributed by atoms with E-state index in [-0.39, 0.29) is 17.7 Å². The van der Waals surface area contributed by atoms with Crippen LogP contribution in [0, 0.1) is 5.82 Å². The first-order chi connectivity index (χ1) is 13.7. The molecule has 0 aliphatic heterocycles. The Hall–Kier alpha value is -2.56. The van der Waals surface area contributed by atoms with Gasteiger partial charge in [-0.2, -0.15) is 5.10 Å². The zero-order valence-corrected chi connectivity index (χ0v) is 16.4. The van der Waals surface area contributed by atoms with Crippen molar-refractivity contribution in [3.8, 4) is 0 Å². The molecule has 11 heteroatoms. The zero-order chi connectivity index (χ0) is 21.2. The van der Waals surface area contributed by atoms with Crippen molar-refractivity contribution in [1.29, 1.82) is 0 Å². The minimum Gasteiger partial charge on any atom is -0.348 e. The average Bonchev–Trinajstić information content (AvgIpc) is 3.06. The Kier molecular flexibility index (Phi) is 6.15. The maximum Gasteiger partial charge on any atom is 0.282 e. The molecule has 1 aromatic carbocycles. The SMILES string of the molecule is Cn1cc(C(=O)NC2CCCCC2S(=O)(=O)Nc2ccccc2F)c(C(F)F)n1. The second-order valence-electron chi connectivity index (χ2n) is 6.93. The molecular weight excluding hydrogens is 409 g/mol. The Labute approximate surface area is 166 Å². The Bertz CT molecular complexity index is 994. The Balaban J connectivity index is 1.81. The maximum absolute atomic E-state index is 13.9. The number of aryl methyl sites for hydroxylation is 1. The number of carbonyl (C=O) groups excluding carboxylic acids is 1. The molecule has 0 spiro atoms. The summed E-state index contributed by atoms with van der Waals surface area (Å²) in [6.07, 6.45) is 0.129. The number of hydrogen-bond donors (Lipinski definition) is 2. The normalized spacial score (nSPS) is 19.9. The number of hydrogen-bond acceptors (Lipinski definition) is 4. The molecular formula is C18H21F3N4O3S. The third-order valence-corrected chi connectivity index (χ3v) is 6.72. The molecule has 1 saturated carbocycles. The number of nitrogens with one attached hydrogen (secondary N) is 2. The van der Waals surface area contributed by atoms with E-state index in [1.165, 1.54) is 31.4 Å². The Morgan fingerprint density at radius 3 is 2.62 bits per heavy atom. The highest BCUT2D eigenvalue weighted by Crippen LogP contribution is 2.28. The van der Waals surface area contributed by atoms with E-state index in [1.807, 2.05) is 0 Å². The lowest BCUT2D eigenvalue weighted by Crippen LogP contribution is -2.50. The Morgan fingerprint density at radius 2 is 1.93 bits per heavy atom. The van der Waals surface area contributed by atoms with E-state index in [0.717, 1.165) is 10.7 Å². The number of aromatic nitrogens is 2. The Morgan fingerprint density at radius 1 is 1.24 bits per heavy atom. The van der Waals surface area contributed by atoms with Gasteiger partial charge in [0, 0.05) is 19.3 Å². The predicted molar refractivity (Wildman–Crippen MR) is 101 cm³/mol. The zero-order valence-electron chi connectivity index (χ0n) is 15.6. The first-order valence-corrected chi connectivity index (χ1v) is 10.6. The van der Waals surface area contributed by atoms with Crippen LogP contribution >= 0.6 is 0 Å². The third-order valence-electron chi connectivity index (χ3n) is 4.85. The fourth-order valence-corrected chi connectivity index (χ4v) is 5.23. The van der Waals surface area contributed by atoms with Crippen molar-refractivity contribution < 1.29 is 26.4 Å². The van der Waals surface area contributed by atoms with Crippen LogP contribution in [0.15, 0.2) is 30.5 Å². The molecule has 2 aromatic rings. The number of halogens is 3. The average molecular weight is 430 g/mol. The minimum atomic E-state index is -4.03. The number of carbonyl (C=O) groups is 1. The monoisotopic (exact) mass is 430 g/mol. The first kappa shape index (κ1) is 21.2. The molecule has 7 nitrogen and oxygen atoms in total. The number of para-hydroxylation sites is 1. The van der Waals surface area contributed by atoms with Gasteiger partial charge < -0.3 is 5.32 Å². The molecule has 0 radical (unpaired) electrons. The molecule has 158 valence electrons. The molecule has 1 aromatic heterocycles. The van der Waals surface area contributed by atoms with Gasteiger partial charge in [-0.3, -0.25) is 14.2 Å². The smallest absolute Gasteiger partial charge is 0.282 e. The van der Waals surface area contributed by atoms with Crippen LogP contribution in [0.5, 0.6) is 0 Å². The molecule has 0 bridgehead atoms. The predicted octanol–water partition coefficient (Wildman–Crippen LogP) is 2.98. The molecule has 2 unspecified atom stereocenters. The van der Waals surface area contributed by atoms with Gasteiger partial charge in [0.2, 0.25) is 10.0 Å². The van der Waals surface area contributed by atoms with Gasteiger partial charge in [0.1, 0.15) is 16.8 Å². The van der Waals surface area contributed by atoms with Crippen molar-refractivity contribution in [2.45, 2.75) is 43.4 Å². The molecule has 2 atom stereocenters. The van der Waals surface area contributed by atoms with Gasteiger partial charge in [0.15, 0.2) is 0 Å². The number of anilines is 1. The van der Waals surface area contributed by atoms with Crippen molar-refractivity contribution in [3.05, 3.63) is 47.5 Å². The summed E-state index contributed by atoms with van der Waals surface area (Å²) in [6.45, 7) is 0. The molecule has 1 heterocycles. The summed E-state index contributed by atoms with van der Waals surface area (Å²) in [7, 11) is -2.62. The van der Waals surface area contributed by atoms with Crippen LogP contribution in [0.1, 0.15) is 48.2 Å². The first-order valence-electron chi connectivity index (χ1n) is 9.07. The lowest BCUT2D eigenvalue weighted by Gasteiger charge is -2.32. The molecule has 1 aliphatic rings. The summed E-state index contributed by atoms with van der Waals surface area (Å²) in [5, 5.41) is 5.13. The lowest BCUT2D eigenvalue weighted by molar-refractivity contribution is 0.0914. The third kappa shape index (κ3) is 4.72. The van der Waals surface area contributed by atoms with Gasteiger partial charge in [0.05, 0.1) is 11.3 Å². The number of sulfonamides is 1. The molecule has 29 heavy (non-hydrogen) atoms. The van der Waals surface area contributed by atoms with E-state index in [4.69, 9.17) is 0 Å². The van der Waals surface area contributed by atoms with Gasteiger partial charge in [-0.1, -0.05) is 25.0 Å². The largest absolute Gasteiger partial charge is 0.348 e. The topological polar surface area (TPSA) is 93.1 Å². The second-order valence-corrected chi connectivity index (χ2v) is 8.83. The highest BCUT2D eigenvalue weighted by Gasteiger charge is 2.37. The van der Waals surface area contributed by atoms with Crippen LogP contribution in [0.3, 0.4) is 0 Å². The molecule has 0 saturated heterocycles. The van der Waals surface area contributed by atoms with E-state index < -0.39 is 45.2 Å². The van der Waals surface area contributed by atoms with Gasteiger partial charge in [-0.05, 0) is 25.0 Å². The molecule has 1 amide bonds. The quantitative estimate of drug-likeness (QED) is 0.737. The van der Waals surface area contributed by atoms with Crippen molar-refractivity contribution >= 4 is 21.6 Å². The summed E-state index contributed by atoms with van der Waals surface area (Å²) in [5.41, 5.74) is -1.15. The van der Waals surface area contributed by atoms with Crippen LogP contribution in [0.25, 0.3) is 0 Å². The van der Waals surface area contributed by atoms with E-state index in [9.17, 15) is 26.4 Å². The summed E-state index contributed by atoms with van der Waals surface area (Å²) in [6, 6.07) is 4.56. The highest BCUT2D eigenvalue weighted by atomic mass is 32.2. The van der Waals surface area contributed by atoms with Crippen molar-refractivity contribution in [2.75, 3.05) is 4.72 Å². The van der Waals surface area contributed by atoms with E-state index in [1.54, 1.807) is 0 Å². The number of amides is 1. The van der Waals surface area contributed by atoms with Gasteiger partial charge >= 0.3 is 0 Å². The number of rotatable bonds is 6. The summed E-state index contributed by atoms with van der Waals surface area (Å²) >= 11 is 0. The molecule has 1 fully saturated rings. The van der Waals surface area contributed by atoms with Crippen LogP contribution in [-0.2, 0) is 17.1 Å².